The predicted molar refractivity (Wildman–Crippen MR) is 135 cm³/mol. The van der Waals surface area contributed by atoms with E-state index in [2.05, 4.69) is 96.9 Å². The quantitative estimate of drug-likeness (QED) is 0.0945. The summed E-state index contributed by atoms with van der Waals surface area (Å²) in [6.45, 7) is 0. The van der Waals surface area contributed by atoms with E-state index in [1.807, 2.05) is 6.07 Å². The minimum absolute atomic E-state index is 0. The molecule has 5 rings (SSSR count). The van der Waals surface area contributed by atoms with Crippen LogP contribution in [0.3, 0.4) is 0 Å². The molecule has 0 aliphatic carbocycles. The maximum absolute atomic E-state index is 13.2. The van der Waals surface area contributed by atoms with E-state index < -0.39 is 7.92 Å². The van der Waals surface area contributed by atoms with Crippen LogP contribution >= 0.6 is 7.92 Å². The van der Waals surface area contributed by atoms with Crippen molar-refractivity contribution < 1.29 is 26.8 Å². The van der Waals surface area contributed by atoms with Crippen molar-refractivity contribution in [3.63, 3.8) is 0 Å². The molecule has 33 heavy (non-hydrogen) atoms. The van der Waals surface area contributed by atoms with Crippen LogP contribution in [0.4, 0.5) is 4.39 Å². The molecule has 0 nitrogen and oxygen atoms in total. The standard InChI is InChI=1S/C18H15P.C12H6F.Au/c1-4-10-16(11-5-1)19(17-12-6-2-7-13-17)18-14-8-3-9-15-18;1-2-9-7-8-12(13)11-6-4-3-5-10(9)11;/h1-15H;3-8H;/q;-1;+1. The summed E-state index contributed by atoms with van der Waals surface area (Å²) in [5.74, 6) is 2.03. The molecule has 0 heterocycles. The normalized spacial score (nSPS) is 9.97. The van der Waals surface area contributed by atoms with Gasteiger partial charge in [-0.05, 0) is 29.9 Å². The van der Waals surface area contributed by atoms with E-state index in [0.29, 0.717) is 10.9 Å². The fourth-order valence-corrected chi connectivity index (χ4v) is 5.85. The first-order valence-electron chi connectivity index (χ1n) is 10.3. The van der Waals surface area contributed by atoms with Crippen molar-refractivity contribution in [1.82, 2.24) is 0 Å². The van der Waals surface area contributed by atoms with Crippen molar-refractivity contribution in [3.05, 3.63) is 145 Å². The number of hydrogen-bond acceptors (Lipinski definition) is 0. The fraction of sp³-hybridized carbons (Fsp3) is 0. The van der Waals surface area contributed by atoms with Gasteiger partial charge in [-0.2, -0.15) is 0 Å². The molecule has 0 saturated carbocycles. The Morgan fingerprint density at radius 3 is 1.33 bits per heavy atom. The number of benzene rings is 5. The van der Waals surface area contributed by atoms with Crippen LogP contribution in [-0.2, 0) is 22.4 Å². The van der Waals surface area contributed by atoms with Crippen LogP contribution in [0.15, 0.2) is 127 Å². The first-order chi connectivity index (χ1) is 15.8. The van der Waals surface area contributed by atoms with Crippen molar-refractivity contribution in [2.45, 2.75) is 0 Å². The summed E-state index contributed by atoms with van der Waals surface area (Å²) in [6.07, 6.45) is 7.02. The zero-order chi connectivity index (χ0) is 22.2. The Labute approximate surface area is 211 Å². The Balaban J connectivity index is 0.000000192. The molecule has 0 bridgehead atoms. The molecule has 0 fully saturated rings. The monoisotopic (exact) mass is 628 g/mol. The summed E-state index contributed by atoms with van der Waals surface area (Å²) in [6, 6.07) is 42.3. The third-order valence-electron chi connectivity index (χ3n) is 5.05. The molecule has 0 aliphatic heterocycles. The molecule has 0 N–H and O–H groups in total. The van der Waals surface area contributed by atoms with Crippen molar-refractivity contribution in [2.75, 3.05) is 0 Å². The molecule has 0 atom stereocenters. The van der Waals surface area contributed by atoms with Crippen LogP contribution in [0.1, 0.15) is 5.56 Å². The molecule has 0 amide bonds. The van der Waals surface area contributed by atoms with Crippen molar-refractivity contribution >= 4 is 34.6 Å². The van der Waals surface area contributed by atoms with E-state index >= 15 is 0 Å². The number of hydrogen-bond donors (Lipinski definition) is 0. The fourth-order valence-electron chi connectivity index (χ4n) is 3.55. The Hall–Kier alpha value is -2.98. The first kappa shape index (κ1) is 24.7. The number of halogens is 1. The third kappa shape index (κ3) is 6.08. The Kier molecular flexibility index (Phi) is 9.20. The summed E-state index contributed by atoms with van der Waals surface area (Å²) >= 11 is 0. The van der Waals surface area contributed by atoms with Crippen molar-refractivity contribution in [3.8, 4) is 5.92 Å². The van der Waals surface area contributed by atoms with Gasteiger partial charge in [0, 0.05) is 5.39 Å². The van der Waals surface area contributed by atoms with Crippen LogP contribution in [0.5, 0.6) is 0 Å². The summed E-state index contributed by atoms with van der Waals surface area (Å²) in [7, 11) is -0.446. The Morgan fingerprint density at radius 1 is 0.515 bits per heavy atom. The van der Waals surface area contributed by atoms with Gasteiger partial charge in [0.1, 0.15) is 5.82 Å². The van der Waals surface area contributed by atoms with Gasteiger partial charge >= 0.3 is 22.4 Å². The summed E-state index contributed by atoms with van der Waals surface area (Å²) in [5.41, 5.74) is 0.622. The van der Waals surface area contributed by atoms with Crippen LogP contribution < -0.4 is 15.9 Å². The molecule has 0 aromatic heterocycles. The van der Waals surface area contributed by atoms with Crippen LogP contribution in [0.2, 0.25) is 0 Å². The van der Waals surface area contributed by atoms with Gasteiger partial charge in [0.2, 0.25) is 0 Å². The molecule has 0 aliphatic rings. The summed E-state index contributed by atoms with van der Waals surface area (Å²) < 4.78 is 13.2. The smallest absolute Gasteiger partial charge is 0.366 e. The molecular formula is C30H21AuFP. The molecule has 0 spiro atoms. The van der Waals surface area contributed by atoms with Gasteiger partial charge in [0.05, 0.1) is 0 Å². The zero-order valence-corrected chi connectivity index (χ0v) is 20.8. The SMILES string of the molecule is [Au+].[C-]#Cc1ccc(F)c2ccccc12.c1ccc(P(c2ccccc2)c2ccccc2)cc1. The number of fused-ring (bicyclic) bond motifs is 1. The van der Waals surface area contributed by atoms with E-state index in [-0.39, 0.29) is 28.2 Å². The Morgan fingerprint density at radius 2 is 0.909 bits per heavy atom. The molecule has 0 saturated heterocycles. The molecule has 5 aromatic rings. The summed E-state index contributed by atoms with van der Waals surface area (Å²) in [5, 5.41) is 5.47. The van der Waals surface area contributed by atoms with E-state index in [1.165, 1.54) is 22.0 Å². The molecule has 0 unspecified atom stereocenters. The second kappa shape index (κ2) is 12.3. The maximum atomic E-state index is 13.2. The zero-order valence-electron chi connectivity index (χ0n) is 17.8. The first-order valence-corrected chi connectivity index (χ1v) is 11.7. The van der Waals surface area contributed by atoms with Gasteiger partial charge in [-0.15, -0.1) is 11.6 Å². The summed E-state index contributed by atoms with van der Waals surface area (Å²) in [4.78, 5) is 0. The average Bonchev–Trinajstić information content (AvgIpc) is 2.87. The van der Waals surface area contributed by atoms with Crippen LogP contribution in [-0.4, -0.2) is 0 Å². The Bertz CT molecular complexity index is 1240. The maximum Gasteiger partial charge on any atom is 1.00 e. The largest absolute Gasteiger partial charge is 1.00 e. The van der Waals surface area contributed by atoms with E-state index in [4.69, 9.17) is 6.42 Å². The minimum Gasteiger partial charge on any atom is -0.366 e. The second-order valence-electron chi connectivity index (χ2n) is 7.11. The van der Waals surface area contributed by atoms with Gasteiger partial charge in [0.15, 0.2) is 0 Å². The van der Waals surface area contributed by atoms with Crippen molar-refractivity contribution in [2.24, 2.45) is 0 Å². The van der Waals surface area contributed by atoms with Crippen molar-refractivity contribution in [1.29, 1.82) is 0 Å². The molecule has 5 aromatic carbocycles. The van der Waals surface area contributed by atoms with E-state index in [1.54, 1.807) is 24.3 Å². The topological polar surface area (TPSA) is 0 Å². The minimum atomic E-state index is -0.446. The van der Waals surface area contributed by atoms with Gasteiger partial charge in [0.25, 0.3) is 0 Å². The molecule has 164 valence electrons. The molecular weight excluding hydrogens is 607 g/mol. The average molecular weight is 628 g/mol. The van der Waals surface area contributed by atoms with Gasteiger partial charge < -0.3 is 6.42 Å². The van der Waals surface area contributed by atoms with E-state index in [9.17, 15) is 4.39 Å². The van der Waals surface area contributed by atoms with Gasteiger partial charge in [-0.3, -0.25) is 5.92 Å². The molecule has 3 heteroatoms. The second-order valence-corrected chi connectivity index (χ2v) is 9.33. The predicted octanol–water partition coefficient (Wildman–Crippen LogP) is 6.36. The van der Waals surface area contributed by atoms with Gasteiger partial charge in [-0.25, -0.2) is 4.39 Å². The molecule has 0 radical (unpaired) electrons. The van der Waals surface area contributed by atoms with Crippen LogP contribution in [0.25, 0.3) is 10.8 Å². The number of rotatable bonds is 3. The van der Waals surface area contributed by atoms with Crippen LogP contribution in [0, 0.1) is 18.2 Å². The third-order valence-corrected chi connectivity index (χ3v) is 7.49. The van der Waals surface area contributed by atoms with E-state index in [0.717, 1.165) is 5.39 Å². The van der Waals surface area contributed by atoms with Gasteiger partial charge in [-0.1, -0.05) is 121 Å².